The van der Waals surface area contributed by atoms with Crippen LogP contribution in [0, 0.1) is 5.92 Å². The van der Waals surface area contributed by atoms with E-state index in [1.165, 1.54) is 63.7 Å². The largest absolute Gasteiger partial charge is 0.494 e. The van der Waals surface area contributed by atoms with Crippen molar-refractivity contribution in [3.8, 4) is 5.75 Å². The first kappa shape index (κ1) is 16.6. The van der Waals surface area contributed by atoms with Gasteiger partial charge in [0, 0.05) is 24.8 Å². The van der Waals surface area contributed by atoms with Crippen LogP contribution in [0.5, 0.6) is 5.75 Å². The van der Waals surface area contributed by atoms with Gasteiger partial charge in [0.15, 0.2) is 0 Å². The van der Waals surface area contributed by atoms with E-state index in [1.54, 1.807) is 0 Å². The van der Waals surface area contributed by atoms with Crippen molar-refractivity contribution in [2.75, 3.05) is 31.1 Å². The van der Waals surface area contributed by atoms with E-state index in [-0.39, 0.29) is 0 Å². The van der Waals surface area contributed by atoms with Crippen LogP contribution in [0.25, 0.3) is 0 Å². The van der Waals surface area contributed by atoms with E-state index in [4.69, 9.17) is 4.74 Å². The summed E-state index contributed by atoms with van der Waals surface area (Å²) in [5.74, 6) is 1.89. The fourth-order valence-electron chi connectivity index (χ4n) is 4.02. The smallest absolute Gasteiger partial charge is 0.119 e. The van der Waals surface area contributed by atoms with Crippen LogP contribution in [0.1, 0.15) is 51.9 Å². The van der Waals surface area contributed by atoms with Crippen molar-refractivity contribution >= 4 is 5.69 Å². The number of nitrogens with one attached hydrogen (secondary N) is 1. The van der Waals surface area contributed by atoms with Gasteiger partial charge in [-0.15, -0.1) is 0 Å². The molecule has 2 aliphatic rings. The first-order valence-electron chi connectivity index (χ1n) is 9.56. The van der Waals surface area contributed by atoms with E-state index in [9.17, 15) is 0 Å². The second kappa shape index (κ2) is 8.58. The summed E-state index contributed by atoms with van der Waals surface area (Å²) in [5, 5.41) is 3.86. The topological polar surface area (TPSA) is 24.5 Å². The molecular weight excluding hydrogens is 284 g/mol. The zero-order chi connectivity index (χ0) is 15.9. The predicted octanol–water partition coefficient (Wildman–Crippen LogP) is 4.22. The highest BCUT2D eigenvalue weighted by molar-refractivity contribution is 5.49. The molecular formula is C20H32N2O. The molecule has 1 unspecified atom stereocenters. The second-order valence-electron chi connectivity index (χ2n) is 7.12. The zero-order valence-electron chi connectivity index (χ0n) is 14.6. The average molecular weight is 316 g/mol. The third-order valence-corrected chi connectivity index (χ3v) is 5.35. The number of rotatable bonds is 6. The van der Waals surface area contributed by atoms with E-state index in [2.05, 4.69) is 34.5 Å². The molecule has 1 aliphatic heterocycles. The lowest BCUT2D eigenvalue weighted by molar-refractivity contribution is 0.314. The summed E-state index contributed by atoms with van der Waals surface area (Å²) in [4.78, 5) is 2.53. The van der Waals surface area contributed by atoms with Crippen LogP contribution in [0.3, 0.4) is 0 Å². The quantitative estimate of drug-likeness (QED) is 0.850. The second-order valence-corrected chi connectivity index (χ2v) is 7.12. The molecule has 3 rings (SSSR count). The first-order chi connectivity index (χ1) is 11.3. The molecule has 1 heterocycles. The first-order valence-corrected chi connectivity index (χ1v) is 9.56. The van der Waals surface area contributed by atoms with Gasteiger partial charge in [0.05, 0.1) is 6.61 Å². The van der Waals surface area contributed by atoms with Gasteiger partial charge in [0.25, 0.3) is 0 Å². The number of piperidine rings is 1. The minimum absolute atomic E-state index is 0.650. The van der Waals surface area contributed by atoms with E-state index in [0.29, 0.717) is 6.04 Å². The zero-order valence-corrected chi connectivity index (χ0v) is 14.6. The summed E-state index contributed by atoms with van der Waals surface area (Å²) < 4.78 is 5.54. The van der Waals surface area contributed by atoms with Gasteiger partial charge >= 0.3 is 0 Å². The van der Waals surface area contributed by atoms with Crippen LogP contribution in [0.2, 0.25) is 0 Å². The number of ether oxygens (including phenoxy) is 1. The summed E-state index contributed by atoms with van der Waals surface area (Å²) in [6.07, 6.45) is 9.80. The molecule has 3 heteroatoms. The van der Waals surface area contributed by atoms with Gasteiger partial charge in [-0.25, -0.2) is 0 Å². The molecule has 1 saturated carbocycles. The Labute approximate surface area is 141 Å². The molecule has 1 aromatic rings. The number of benzene rings is 1. The summed E-state index contributed by atoms with van der Waals surface area (Å²) >= 11 is 0. The highest BCUT2D eigenvalue weighted by Gasteiger charge is 2.21. The molecule has 3 nitrogen and oxygen atoms in total. The monoisotopic (exact) mass is 316 g/mol. The predicted molar refractivity (Wildman–Crippen MR) is 97.4 cm³/mol. The molecule has 0 aromatic heterocycles. The maximum Gasteiger partial charge on any atom is 0.119 e. The Morgan fingerprint density at radius 3 is 2.57 bits per heavy atom. The third-order valence-electron chi connectivity index (χ3n) is 5.35. The SMILES string of the molecule is CCOc1ccc(N2CCCC(NCC3CCCCC3)C2)cc1. The van der Waals surface area contributed by atoms with Crippen molar-refractivity contribution in [2.45, 2.75) is 57.9 Å². The summed E-state index contributed by atoms with van der Waals surface area (Å²) in [6, 6.07) is 9.25. The third kappa shape index (κ3) is 4.87. The van der Waals surface area contributed by atoms with Crippen molar-refractivity contribution in [1.82, 2.24) is 5.32 Å². The van der Waals surface area contributed by atoms with Crippen LogP contribution in [0.4, 0.5) is 5.69 Å². The molecule has 1 saturated heterocycles. The van der Waals surface area contributed by atoms with Gasteiger partial charge in [-0.1, -0.05) is 19.3 Å². The Hall–Kier alpha value is -1.22. The number of hydrogen-bond donors (Lipinski definition) is 1. The Balaban J connectivity index is 1.49. The van der Waals surface area contributed by atoms with Gasteiger partial charge in [0.1, 0.15) is 5.75 Å². The molecule has 1 N–H and O–H groups in total. The van der Waals surface area contributed by atoms with Crippen LogP contribution >= 0.6 is 0 Å². The number of nitrogens with zero attached hydrogens (tertiary/aromatic N) is 1. The van der Waals surface area contributed by atoms with Crippen LogP contribution in [-0.4, -0.2) is 32.3 Å². The van der Waals surface area contributed by atoms with Crippen molar-refractivity contribution < 1.29 is 4.74 Å². The molecule has 1 aliphatic carbocycles. The summed E-state index contributed by atoms with van der Waals surface area (Å²) in [7, 11) is 0. The summed E-state index contributed by atoms with van der Waals surface area (Å²) in [6.45, 7) is 6.30. The van der Waals surface area contributed by atoms with E-state index < -0.39 is 0 Å². The van der Waals surface area contributed by atoms with Gasteiger partial charge in [-0.3, -0.25) is 0 Å². The molecule has 0 bridgehead atoms. The average Bonchev–Trinajstić information content (AvgIpc) is 2.62. The van der Waals surface area contributed by atoms with Crippen molar-refractivity contribution in [3.05, 3.63) is 24.3 Å². The molecule has 0 radical (unpaired) electrons. The van der Waals surface area contributed by atoms with Crippen LogP contribution < -0.4 is 15.0 Å². The molecule has 1 atom stereocenters. The normalized spacial score (nSPS) is 23.0. The van der Waals surface area contributed by atoms with E-state index >= 15 is 0 Å². The van der Waals surface area contributed by atoms with Gasteiger partial charge in [0.2, 0.25) is 0 Å². The van der Waals surface area contributed by atoms with E-state index in [1.807, 2.05) is 6.92 Å². The van der Waals surface area contributed by atoms with Crippen molar-refractivity contribution in [2.24, 2.45) is 5.92 Å². The Bertz CT molecular complexity index is 453. The fourth-order valence-corrected chi connectivity index (χ4v) is 4.02. The Kier molecular flexibility index (Phi) is 6.21. The van der Waals surface area contributed by atoms with Crippen molar-refractivity contribution in [1.29, 1.82) is 0 Å². The molecule has 23 heavy (non-hydrogen) atoms. The number of hydrogen-bond acceptors (Lipinski definition) is 3. The van der Waals surface area contributed by atoms with Gasteiger partial charge in [-0.05, 0) is 69.3 Å². The Morgan fingerprint density at radius 1 is 1.04 bits per heavy atom. The minimum atomic E-state index is 0.650. The van der Waals surface area contributed by atoms with Crippen LogP contribution in [0.15, 0.2) is 24.3 Å². The maximum atomic E-state index is 5.54. The lowest BCUT2D eigenvalue weighted by Gasteiger charge is -2.36. The standard InChI is InChI=1S/C20H32N2O/c1-2-23-20-12-10-19(11-13-20)22-14-6-9-18(16-22)21-15-17-7-4-3-5-8-17/h10-13,17-18,21H,2-9,14-16H2,1H3. The van der Waals surface area contributed by atoms with Crippen molar-refractivity contribution in [3.63, 3.8) is 0 Å². The molecule has 128 valence electrons. The molecule has 0 spiro atoms. The number of anilines is 1. The summed E-state index contributed by atoms with van der Waals surface area (Å²) in [5.41, 5.74) is 1.33. The lowest BCUT2D eigenvalue weighted by Crippen LogP contribution is -2.47. The lowest BCUT2D eigenvalue weighted by atomic mass is 9.89. The molecule has 0 amide bonds. The maximum absolute atomic E-state index is 5.54. The minimum Gasteiger partial charge on any atom is -0.494 e. The molecule has 1 aromatic carbocycles. The highest BCUT2D eigenvalue weighted by atomic mass is 16.5. The van der Waals surface area contributed by atoms with E-state index in [0.717, 1.165) is 24.8 Å². The van der Waals surface area contributed by atoms with Crippen LogP contribution in [-0.2, 0) is 0 Å². The molecule has 2 fully saturated rings. The van der Waals surface area contributed by atoms with Gasteiger partial charge < -0.3 is 15.0 Å². The fraction of sp³-hybridized carbons (Fsp3) is 0.700. The Morgan fingerprint density at radius 2 is 1.83 bits per heavy atom. The van der Waals surface area contributed by atoms with Gasteiger partial charge in [-0.2, -0.15) is 0 Å². The highest BCUT2D eigenvalue weighted by Crippen LogP contribution is 2.25.